The largest absolute Gasteiger partial charge is 0.444 e. The fraction of sp³-hybridized carbons (Fsp3) is 0.556. The predicted molar refractivity (Wildman–Crippen MR) is 98.9 cm³/mol. The molecule has 1 aliphatic rings. The Labute approximate surface area is 147 Å². The Morgan fingerprint density at radius 2 is 2.17 bits per heavy atom. The second-order valence-electron chi connectivity index (χ2n) is 7.31. The summed E-state index contributed by atoms with van der Waals surface area (Å²) in [7, 11) is 2.04. The van der Waals surface area contributed by atoms with Gasteiger partial charge in [0.15, 0.2) is 5.13 Å². The number of nitrogens with zero attached hydrogens (tertiary/aromatic N) is 3. The minimum Gasteiger partial charge on any atom is -0.444 e. The number of hydrogen-bond donors (Lipinski definition) is 0. The summed E-state index contributed by atoms with van der Waals surface area (Å²) in [5.41, 5.74) is 0.572. The summed E-state index contributed by atoms with van der Waals surface area (Å²) < 4.78 is 6.73. The standard InChI is InChI=1S/C18H25N3O2S/c1-18(2,3)23-17(22)21-11-7-8-13(21)12-20(4)16-19-14-9-5-6-10-15(14)24-16/h5-6,9-10,13H,7-8,11-12H2,1-4H3. The average Bonchev–Trinajstić information content (AvgIpc) is 3.11. The third-order valence-corrected chi connectivity index (χ3v) is 5.25. The molecule has 2 aromatic rings. The highest BCUT2D eigenvalue weighted by Crippen LogP contribution is 2.29. The van der Waals surface area contributed by atoms with Crippen LogP contribution in [0.5, 0.6) is 0 Å². The first-order valence-corrected chi connectivity index (χ1v) is 9.21. The molecule has 2 heterocycles. The smallest absolute Gasteiger partial charge is 0.410 e. The second-order valence-corrected chi connectivity index (χ2v) is 8.32. The van der Waals surface area contributed by atoms with Gasteiger partial charge < -0.3 is 14.5 Å². The van der Waals surface area contributed by atoms with E-state index in [4.69, 9.17) is 9.72 Å². The molecule has 24 heavy (non-hydrogen) atoms. The van der Waals surface area contributed by atoms with Crippen molar-refractivity contribution >= 4 is 32.8 Å². The number of hydrogen-bond acceptors (Lipinski definition) is 5. The van der Waals surface area contributed by atoms with Crippen molar-refractivity contribution in [1.82, 2.24) is 9.88 Å². The maximum absolute atomic E-state index is 12.4. The Kier molecular flexibility index (Phi) is 4.67. The number of carbonyl (C=O) groups excluding carboxylic acids is 1. The maximum Gasteiger partial charge on any atom is 0.410 e. The van der Waals surface area contributed by atoms with Crippen molar-refractivity contribution in [3.05, 3.63) is 24.3 Å². The third kappa shape index (κ3) is 3.80. The van der Waals surface area contributed by atoms with E-state index < -0.39 is 5.60 Å². The van der Waals surface area contributed by atoms with Gasteiger partial charge in [-0.15, -0.1) is 0 Å². The van der Waals surface area contributed by atoms with Gasteiger partial charge in [0.25, 0.3) is 0 Å². The molecule has 1 saturated heterocycles. The van der Waals surface area contributed by atoms with Crippen LogP contribution in [-0.4, -0.2) is 47.8 Å². The van der Waals surface area contributed by atoms with E-state index in [0.29, 0.717) is 0 Å². The number of para-hydroxylation sites is 1. The van der Waals surface area contributed by atoms with Gasteiger partial charge in [0.1, 0.15) is 5.60 Å². The Bertz CT molecular complexity index is 689. The first-order chi connectivity index (χ1) is 11.3. The number of likely N-dealkylation sites (tertiary alicyclic amines) is 1. The van der Waals surface area contributed by atoms with Crippen molar-refractivity contribution in [2.45, 2.75) is 45.3 Å². The first-order valence-electron chi connectivity index (χ1n) is 8.40. The van der Waals surface area contributed by atoms with Crippen LogP contribution in [0.15, 0.2) is 24.3 Å². The van der Waals surface area contributed by atoms with Crippen LogP contribution >= 0.6 is 11.3 Å². The van der Waals surface area contributed by atoms with Crippen molar-refractivity contribution in [3.63, 3.8) is 0 Å². The molecule has 1 unspecified atom stereocenters. The molecular formula is C18H25N3O2S. The number of fused-ring (bicyclic) bond motifs is 1. The molecule has 0 radical (unpaired) electrons. The van der Waals surface area contributed by atoms with E-state index in [2.05, 4.69) is 11.0 Å². The molecule has 1 aromatic carbocycles. The number of thiazole rings is 1. The van der Waals surface area contributed by atoms with E-state index in [0.717, 1.165) is 36.6 Å². The number of anilines is 1. The van der Waals surface area contributed by atoms with Crippen LogP contribution in [0, 0.1) is 0 Å². The van der Waals surface area contributed by atoms with E-state index in [-0.39, 0.29) is 12.1 Å². The lowest BCUT2D eigenvalue weighted by molar-refractivity contribution is 0.0232. The van der Waals surface area contributed by atoms with E-state index in [1.807, 2.05) is 50.9 Å². The number of rotatable bonds is 3. The summed E-state index contributed by atoms with van der Waals surface area (Å²) in [5.74, 6) is 0. The average molecular weight is 347 g/mol. The molecular weight excluding hydrogens is 322 g/mol. The van der Waals surface area contributed by atoms with Gasteiger partial charge in [-0.05, 0) is 45.7 Å². The minimum atomic E-state index is -0.455. The third-order valence-electron chi connectivity index (χ3n) is 4.10. The summed E-state index contributed by atoms with van der Waals surface area (Å²) in [4.78, 5) is 21.1. The van der Waals surface area contributed by atoms with Gasteiger partial charge in [0.05, 0.1) is 16.3 Å². The Morgan fingerprint density at radius 3 is 2.88 bits per heavy atom. The zero-order valence-electron chi connectivity index (χ0n) is 14.8. The summed E-state index contributed by atoms with van der Waals surface area (Å²) >= 11 is 1.69. The number of ether oxygens (including phenoxy) is 1. The van der Waals surface area contributed by atoms with E-state index in [1.165, 1.54) is 4.70 Å². The minimum absolute atomic E-state index is 0.178. The summed E-state index contributed by atoms with van der Waals surface area (Å²) in [5, 5.41) is 0.993. The van der Waals surface area contributed by atoms with Crippen molar-refractivity contribution < 1.29 is 9.53 Å². The molecule has 6 heteroatoms. The van der Waals surface area contributed by atoms with Crippen LogP contribution in [0.4, 0.5) is 9.93 Å². The topological polar surface area (TPSA) is 45.7 Å². The van der Waals surface area contributed by atoms with E-state index in [9.17, 15) is 4.79 Å². The van der Waals surface area contributed by atoms with E-state index >= 15 is 0 Å². The normalized spacial score (nSPS) is 18.2. The fourth-order valence-electron chi connectivity index (χ4n) is 3.00. The Balaban J connectivity index is 1.68. The molecule has 1 fully saturated rings. The van der Waals surface area contributed by atoms with Crippen molar-refractivity contribution in [2.24, 2.45) is 0 Å². The van der Waals surface area contributed by atoms with Gasteiger partial charge in [0.2, 0.25) is 0 Å². The van der Waals surface area contributed by atoms with Crippen molar-refractivity contribution in [2.75, 3.05) is 25.0 Å². The molecule has 0 aliphatic carbocycles. The number of aromatic nitrogens is 1. The Hall–Kier alpha value is -1.82. The van der Waals surface area contributed by atoms with Gasteiger partial charge in [-0.3, -0.25) is 0 Å². The molecule has 0 spiro atoms. The highest BCUT2D eigenvalue weighted by molar-refractivity contribution is 7.22. The lowest BCUT2D eigenvalue weighted by Crippen LogP contribution is -2.44. The highest BCUT2D eigenvalue weighted by Gasteiger charge is 2.33. The monoisotopic (exact) mass is 347 g/mol. The van der Waals surface area contributed by atoms with Crippen molar-refractivity contribution in [1.29, 1.82) is 0 Å². The Morgan fingerprint density at radius 1 is 1.42 bits per heavy atom. The van der Waals surface area contributed by atoms with Gasteiger partial charge in [0, 0.05) is 20.1 Å². The molecule has 130 valence electrons. The predicted octanol–water partition coefficient (Wildman–Crippen LogP) is 4.13. The molecule has 0 bridgehead atoms. The molecule has 0 N–H and O–H groups in total. The fourth-order valence-corrected chi connectivity index (χ4v) is 3.94. The molecule has 1 aliphatic heterocycles. The van der Waals surface area contributed by atoms with Gasteiger partial charge in [-0.2, -0.15) is 0 Å². The van der Waals surface area contributed by atoms with E-state index in [1.54, 1.807) is 11.3 Å². The van der Waals surface area contributed by atoms with Crippen LogP contribution in [0.2, 0.25) is 0 Å². The maximum atomic E-state index is 12.4. The first kappa shape index (κ1) is 17.0. The SMILES string of the molecule is CN(CC1CCCN1C(=O)OC(C)(C)C)c1nc2ccccc2s1. The highest BCUT2D eigenvalue weighted by atomic mass is 32.1. The number of benzene rings is 1. The lowest BCUT2D eigenvalue weighted by Gasteiger charge is -2.30. The summed E-state index contributed by atoms with van der Waals surface area (Å²) in [6.45, 7) is 7.27. The second kappa shape index (κ2) is 6.59. The van der Waals surface area contributed by atoms with Crippen LogP contribution in [0.25, 0.3) is 10.2 Å². The molecule has 1 aromatic heterocycles. The lowest BCUT2D eigenvalue weighted by atomic mass is 10.2. The molecule has 5 nitrogen and oxygen atoms in total. The summed E-state index contributed by atoms with van der Waals surface area (Å²) in [6.07, 6.45) is 1.83. The van der Waals surface area contributed by atoms with Gasteiger partial charge in [-0.25, -0.2) is 9.78 Å². The number of carbonyl (C=O) groups is 1. The quantitative estimate of drug-likeness (QED) is 0.837. The summed E-state index contributed by atoms with van der Waals surface area (Å²) in [6, 6.07) is 8.34. The number of likely N-dealkylation sites (N-methyl/N-ethyl adjacent to an activating group) is 1. The zero-order chi connectivity index (χ0) is 17.3. The number of amides is 1. The molecule has 3 rings (SSSR count). The van der Waals surface area contributed by atoms with Crippen LogP contribution in [-0.2, 0) is 4.74 Å². The van der Waals surface area contributed by atoms with Crippen molar-refractivity contribution in [3.8, 4) is 0 Å². The van der Waals surface area contributed by atoms with Crippen LogP contribution in [0.3, 0.4) is 0 Å². The van der Waals surface area contributed by atoms with Crippen LogP contribution in [0.1, 0.15) is 33.6 Å². The molecule has 0 saturated carbocycles. The molecule has 1 amide bonds. The van der Waals surface area contributed by atoms with Gasteiger partial charge >= 0.3 is 6.09 Å². The van der Waals surface area contributed by atoms with Crippen LogP contribution < -0.4 is 4.90 Å². The zero-order valence-corrected chi connectivity index (χ0v) is 15.6. The molecule has 1 atom stereocenters. The van der Waals surface area contributed by atoms with Gasteiger partial charge in [-0.1, -0.05) is 23.5 Å².